The molecule has 0 amide bonds. The number of piperidine rings is 1. The van der Waals surface area contributed by atoms with Crippen LogP contribution in [0.2, 0.25) is 0 Å². The van der Waals surface area contributed by atoms with E-state index >= 15 is 0 Å². The number of likely N-dealkylation sites (tertiary alicyclic amines) is 1. The molecule has 1 fully saturated rings. The Bertz CT molecular complexity index is 719. The number of nitrogens with one attached hydrogen (secondary N) is 1. The maximum atomic E-state index is 12.9. The molecule has 2 aliphatic heterocycles. The van der Waals surface area contributed by atoms with E-state index < -0.39 is 17.3 Å². The standard InChI is InChI=1S/C19H24Cl2F3N3O/c20-16-17(21)27(13-25-16)9-2-1-8-26-10-6-18(28,7-11-26)14-4-3-5-15(12-14)19(22,23)24/h3-5,12,25,28H,1-2,6-11,13H2. The van der Waals surface area contributed by atoms with Gasteiger partial charge in [0, 0.05) is 19.6 Å². The predicted molar refractivity (Wildman–Crippen MR) is 104 cm³/mol. The minimum absolute atomic E-state index is 0.349. The van der Waals surface area contributed by atoms with E-state index in [1.807, 2.05) is 4.90 Å². The third-order valence-corrected chi connectivity index (χ3v) is 6.28. The van der Waals surface area contributed by atoms with Gasteiger partial charge in [0.25, 0.3) is 0 Å². The van der Waals surface area contributed by atoms with Crippen molar-refractivity contribution in [2.75, 3.05) is 32.8 Å². The number of alkyl halides is 3. The summed E-state index contributed by atoms with van der Waals surface area (Å²) in [5, 5.41) is 14.9. The molecule has 0 unspecified atom stereocenters. The van der Waals surface area contributed by atoms with Gasteiger partial charge in [0.05, 0.1) is 17.8 Å². The number of hydrogen-bond donors (Lipinski definition) is 2. The Morgan fingerprint density at radius 2 is 1.79 bits per heavy atom. The zero-order valence-corrected chi connectivity index (χ0v) is 16.9. The molecule has 3 rings (SSSR count). The van der Waals surface area contributed by atoms with Crippen LogP contribution in [-0.2, 0) is 11.8 Å². The molecule has 28 heavy (non-hydrogen) atoms. The van der Waals surface area contributed by atoms with Crippen molar-refractivity contribution in [1.82, 2.24) is 15.1 Å². The number of rotatable bonds is 6. The molecule has 2 aliphatic rings. The molecule has 4 nitrogen and oxygen atoms in total. The van der Waals surface area contributed by atoms with Crippen molar-refractivity contribution in [2.45, 2.75) is 37.5 Å². The largest absolute Gasteiger partial charge is 0.416 e. The highest BCUT2D eigenvalue weighted by Gasteiger charge is 2.36. The monoisotopic (exact) mass is 437 g/mol. The molecule has 0 aliphatic carbocycles. The lowest BCUT2D eigenvalue weighted by Crippen LogP contribution is -2.43. The molecule has 1 saturated heterocycles. The Kier molecular flexibility index (Phi) is 6.69. The van der Waals surface area contributed by atoms with E-state index in [-0.39, 0.29) is 0 Å². The number of nitrogens with zero attached hydrogens (tertiary/aromatic N) is 2. The van der Waals surface area contributed by atoms with E-state index in [4.69, 9.17) is 23.2 Å². The maximum Gasteiger partial charge on any atom is 0.416 e. The van der Waals surface area contributed by atoms with Gasteiger partial charge in [-0.05, 0) is 49.9 Å². The van der Waals surface area contributed by atoms with Gasteiger partial charge in [-0.3, -0.25) is 0 Å². The van der Waals surface area contributed by atoms with Gasteiger partial charge in [0.15, 0.2) is 0 Å². The lowest BCUT2D eigenvalue weighted by Gasteiger charge is -2.38. The summed E-state index contributed by atoms with van der Waals surface area (Å²) < 4.78 is 38.8. The Labute approximate surface area is 172 Å². The van der Waals surface area contributed by atoms with Crippen LogP contribution in [0.4, 0.5) is 13.2 Å². The molecule has 156 valence electrons. The maximum absolute atomic E-state index is 12.9. The van der Waals surface area contributed by atoms with Crippen molar-refractivity contribution >= 4 is 23.2 Å². The predicted octanol–water partition coefficient (Wildman–Crippen LogP) is 4.24. The van der Waals surface area contributed by atoms with Gasteiger partial charge in [0.2, 0.25) is 0 Å². The lowest BCUT2D eigenvalue weighted by atomic mass is 9.83. The fraction of sp³-hybridized carbons (Fsp3) is 0.579. The minimum Gasteiger partial charge on any atom is -0.385 e. The Morgan fingerprint density at radius 3 is 2.39 bits per heavy atom. The summed E-state index contributed by atoms with van der Waals surface area (Å²) in [6.07, 6.45) is -1.62. The van der Waals surface area contributed by atoms with Gasteiger partial charge >= 0.3 is 6.18 Å². The van der Waals surface area contributed by atoms with Crippen molar-refractivity contribution < 1.29 is 18.3 Å². The van der Waals surface area contributed by atoms with Crippen molar-refractivity contribution in [3.8, 4) is 0 Å². The fourth-order valence-corrected chi connectivity index (χ4v) is 4.07. The lowest BCUT2D eigenvalue weighted by molar-refractivity contribution is -0.137. The normalized spacial score (nSPS) is 20.6. The third kappa shape index (κ3) is 5.06. The molecule has 9 heteroatoms. The Morgan fingerprint density at radius 1 is 1.11 bits per heavy atom. The highest BCUT2D eigenvalue weighted by Crippen LogP contribution is 2.36. The summed E-state index contributed by atoms with van der Waals surface area (Å²) in [6, 6.07) is 5.05. The van der Waals surface area contributed by atoms with E-state index in [1.54, 1.807) is 6.07 Å². The molecular weight excluding hydrogens is 414 g/mol. The van der Waals surface area contributed by atoms with Crippen molar-refractivity contribution in [3.63, 3.8) is 0 Å². The topological polar surface area (TPSA) is 38.7 Å². The summed E-state index contributed by atoms with van der Waals surface area (Å²) in [5.74, 6) is 0. The van der Waals surface area contributed by atoms with Gasteiger partial charge in [-0.2, -0.15) is 13.2 Å². The molecule has 0 aromatic heterocycles. The second-order valence-corrected chi connectivity index (χ2v) is 8.10. The number of hydrogen-bond acceptors (Lipinski definition) is 4. The van der Waals surface area contributed by atoms with Crippen LogP contribution in [0.5, 0.6) is 0 Å². The van der Waals surface area contributed by atoms with Crippen LogP contribution in [0, 0.1) is 0 Å². The first-order chi connectivity index (χ1) is 13.2. The van der Waals surface area contributed by atoms with E-state index in [0.29, 0.717) is 48.5 Å². The third-order valence-electron chi connectivity index (χ3n) is 5.45. The molecule has 2 heterocycles. The summed E-state index contributed by atoms with van der Waals surface area (Å²) in [7, 11) is 0. The first-order valence-electron chi connectivity index (χ1n) is 9.36. The number of aliphatic hydroxyl groups is 1. The summed E-state index contributed by atoms with van der Waals surface area (Å²) in [5.41, 5.74) is -1.57. The van der Waals surface area contributed by atoms with E-state index in [0.717, 1.165) is 38.1 Å². The average molecular weight is 438 g/mol. The highest BCUT2D eigenvalue weighted by molar-refractivity contribution is 6.38. The molecular formula is C19H24Cl2F3N3O. The quantitative estimate of drug-likeness (QED) is 0.515. The smallest absolute Gasteiger partial charge is 0.385 e. The molecule has 0 radical (unpaired) electrons. The van der Waals surface area contributed by atoms with Crippen LogP contribution in [-0.4, -0.2) is 47.8 Å². The van der Waals surface area contributed by atoms with Gasteiger partial charge in [-0.15, -0.1) is 0 Å². The molecule has 0 spiro atoms. The first-order valence-corrected chi connectivity index (χ1v) is 10.1. The number of unbranched alkanes of at least 4 members (excludes halogenated alkanes) is 1. The fourth-order valence-electron chi connectivity index (χ4n) is 3.68. The number of halogens is 5. The second-order valence-electron chi connectivity index (χ2n) is 7.36. The van der Waals surface area contributed by atoms with Crippen LogP contribution in [0.3, 0.4) is 0 Å². The molecule has 0 bridgehead atoms. The zero-order valence-electron chi connectivity index (χ0n) is 15.4. The van der Waals surface area contributed by atoms with Crippen molar-refractivity contribution in [1.29, 1.82) is 0 Å². The van der Waals surface area contributed by atoms with E-state index in [9.17, 15) is 18.3 Å². The van der Waals surface area contributed by atoms with Crippen LogP contribution >= 0.6 is 23.2 Å². The van der Waals surface area contributed by atoms with Crippen LogP contribution in [0.25, 0.3) is 0 Å². The summed E-state index contributed by atoms with van der Waals surface area (Å²) >= 11 is 12.0. The zero-order chi connectivity index (χ0) is 20.4. The SMILES string of the molecule is OC1(c2cccc(C(F)(F)F)c2)CCN(CCCCN2CNC(Cl)=C2Cl)CC1. The van der Waals surface area contributed by atoms with Crippen LogP contribution in [0.15, 0.2) is 34.6 Å². The van der Waals surface area contributed by atoms with Gasteiger partial charge in [-0.25, -0.2) is 0 Å². The van der Waals surface area contributed by atoms with Gasteiger partial charge in [-0.1, -0.05) is 35.3 Å². The molecule has 1 aromatic rings. The van der Waals surface area contributed by atoms with Gasteiger partial charge in [0.1, 0.15) is 10.3 Å². The summed E-state index contributed by atoms with van der Waals surface area (Å²) in [4.78, 5) is 4.22. The molecule has 2 N–H and O–H groups in total. The minimum atomic E-state index is -4.40. The summed E-state index contributed by atoms with van der Waals surface area (Å²) in [6.45, 7) is 3.62. The van der Waals surface area contributed by atoms with Gasteiger partial charge < -0.3 is 20.2 Å². The number of benzene rings is 1. The molecule has 0 saturated carbocycles. The van der Waals surface area contributed by atoms with E-state index in [2.05, 4.69) is 10.2 Å². The average Bonchev–Trinajstić information content (AvgIpc) is 2.98. The molecule has 1 aromatic carbocycles. The highest BCUT2D eigenvalue weighted by atomic mass is 35.5. The van der Waals surface area contributed by atoms with Crippen molar-refractivity contribution in [2.24, 2.45) is 0 Å². The van der Waals surface area contributed by atoms with Crippen LogP contribution < -0.4 is 5.32 Å². The first kappa shape index (κ1) is 21.6. The second kappa shape index (κ2) is 8.69. The van der Waals surface area contributed by atoms with E-state index in [1.165, 1.54) is 6.07 Å². The molecule has 0 atom stereocenters. The Hall–Kier alpha value is -1.15. The Balaban J connectivity index is 1.45. The van der Waals surface area contributed by atoms with Crippen molar-refractivity contribution in [3.05, 3.63) is 45.7 Å². The van der Waals surface area contributed by atoms with Crippen LogP contribution in [0.1, 0.15) is 36.8 Å².